The largest absolute Gasteiger partial charge is 0.311 e. The molecule has 2 amide bonds. The molecule has 0 spiro atoms. The van der Waals surface area contributed by atoms with Crippen LogP contribution in [0.2, 0.25) is 0 Å². The fourth-order valence-electron chi connectivity index (χ4n) is 3.21. The van der Waals surface area contributed by atoms with Crippen molar-refractivity contribution in [2.75, 3.05) is 22.5 Å². The minimum absolute atomic E-state index is 0.0480. The van der Waals surface area contributed by atoms with Crippen LogP contribution in [-0.2, 0) is 17.6 Å². The maximum absolute atomic E-state index is 12.8. The summed E-state index contributed by atoms with van der Waals surface area (Å²) in [6.45, 7) is 2.70. The molecule has 4 rings (SSSR count). The summed E-state index contributed by atoms with van der Waals surface area (Å²) in [5.41, 5.74) is 2.72. The molecule has 0 radical (unpaired) electrons. The Bertz CT molecular complexity index is 1050. The number of benzene rings is 2. The third kappa shape index (κ3) is 4.33. The Balaban J connectivity index is 1.43. The lowest BCUT2D eigenvalue weighted by molar-refractivity contribution is -0.116. The van der Waals surface area contributed by atoms with Crippen molar-refractivity contribution in [2.24, 2.45) is 0 Å². The van der Waals surface area contributed by atoms with Crippen molar-refractivity contribution < 1.29 is 9.59 Å². The Morgan fingerprint density at radius 2 is 1.93 bits per heavy atom. The molecule has 0 atom stereocenters. The second-order valence-electron chi connectivity index (χ2n) is 6.52. The van der Waals surface area contributed by atoms with E-state index in [2.05, 4.69) is 21.6 Å². The number of nitrogens with zero attached hydrogens (tertiary/aromatic N) is 3. The predicted molar refractivity (Wildman–Crippen MR) is 117 cm³/mol. The zero-order valence-electron chi connectivity index (χ0n) is 15.9. The number of hydrogen-bond acceptors (Lipinski definition) is 6. The van der Waals surface area contributed by atoms with Crippen LogP contribution in [0.25, 0.3) is 0 Å². The molecular weight excluding hydrogens is 404 g/mol. The molecule has 29 heavy (non-hydrogen) atoms. The third-order valence-electron chi connectivity index (χ3n) is 4.66. The quantitative estimate of drug-likeness (QED) is 0.605. The number of para-hydroxylation sites is 1. The number of aryl methyl sites for hydroxylation is 1. The highest BCUT2D eigenvalue weighted by Crippen LogP contribution is 2.30. The van der Waals surface area contributed by atoms with Crippen LogP contribution in [0.4, 0.5) is 10.8 Å². The van der Waals surface area contributed by atoms with Gasteiger partial charge in [-0.2, -0.15) is 0 Å². The maximum atomic E-state index is 12.8. The highest BCUT2D eigenvalue weighted by molar-refractivity contribution is 8.00. The Labute approximate surface area is 177 Å². The molecule has 6 nitrogen and oxygen atoms in total. The smallest absolute Gasteiger partial charge is 0.258 e. The van der Waals surface area contributed by atoms with Crippen molar-refractivity contribution in [3.05, 3.63) is 64.7 Å². The van der Waals surface area contributed by atoms with Crippen molar-refractivity contribution in [3.63, 3.8) is 0 Å². The average molecular weight is 425 g/mol. The van der Waals surface area contributed by atoms with Gasteiger partial charge < -0.3 is 4.90 Å². The van der Waals surface area contributed by atoms with Crippen molar-refractivity contribution in [1.82, 2.24) is 10.2 Å². The summed E-state index contributed by atoms with van der Waals surface area (Å²) in [4.78, 5) is 28.1. The first-order valence-electron chi connectivity index (χ1n) is 9.39. The van der Waals surface area contributed by atoms with Crippen molar-refractivity contribution in [1.29, 1.82) is 0 Å². The van der Waals surface area contributed by atoms with Crippen LogP contribution in [-0.4, -0.2) is 34.3 Å². The van der Waals surface area contributed by atoms with Crippen molar-refractivity contribution in [3.8, 4) is 0 Å². The molecule has 2 aromatic carbocycles. The molecule has 0 bridgehead atoms. The van der Waals surface area contributed by atoms with Crippen LogP contribution >= 0.6 is 23.1 Å². The van der Waals surface area contributed by atoms with E-state index in [0.29, 0.717) is 17.2 Å². The number of thioether (sulfide) groups is 1. The van der Waals surface area contributed by atoms with Gasteiger partial charge in [0, 0.05) is 17.1 Å². The van der Waals surface area contributed by atoms with Crippen LogP contribution in [0.5, 0.6) is 0 Å². The molecular formula is C21H20N4O2S2. The average Bonchev–Trinajstić information content (AvgIpc) is 3.39. The number of hydrogen-bond donors (Lipinski definition) is 1. The van der Waals surface area contributed by atoms with Crippen molar-refractivity contribution in [2.45, 2.75) is 24.7 Å². The fraction of sp³-hybridized carbons (Fsp3) is 0.238. The minimum atomic E-state index is -0.245. The van der Waals surface area contributed by atoms with Gasteiger partial charge in [-0.15, -0.1) is 22.0 Å². The number of rotatable bonds is 6. The van der Waals surface area contributed by atoms with Crippen LogP contribution in [0.3, 0.4) is 0 Å². The van der Waals surface area contributed by atoms with E-state index in [4.69, 9.17) is 0 Å². The second kappa shape index (κ2) is 8.75. The fourth-order valence-corrected chi connectivity index (χ4v) is 4.81. The molecule has 1 N–H and O–H groups in total. The van der Waals surface area contributed by atoms with E-state index in [9.17, 15) is 9.59 Å². The Hall–Kier alpha value is -2.71. The third-order valence-corrected chi connectivity index (χ3v) is 6.70. The van der Waals surface area contributed by atoms with Crippen molar-refractivity contribution >= 4 is 45.7 Å². The first kappa shape index (κ1) is 19.6. The van der Waals surface area contributed by atoms with Gasteiger partial charge in [-0.05, 0) is 36.6 Å². The highest BCUT2D eigenvalue weighted by atomic mass is 32.2. The Morgan fingerprint density at radius 3 is 2.76 bits per heavy atom. The summed E-state index contributed by atoms with van der Waals surface area (Å²) < 4.78 is 0. The number of aromatic nitrogens is 2. The first-order valence-corrected chi connectivity index (χ1v) is 11.2. The van der Waals surface area contributed by atoms with E-state index < -0.39 is 0 Å². The molecule has 1 aliphatic rings. The summed E-state index contributed by atoms with van der Waals surface area (Å²) in [5, 5.41) is 12.2. The number of carbonyl (C=O) groups excluding carboxylic acids is 2. The number of carbonyl (C=O) groups is 2. The van der Waals surface area contributed by atoms with Gasteiger partial charge in [0.05, 0.1) is 11.3 Å². The zero-order valence-corrected chi connectivity index (χ0v) is 17.6. The topological polar surface area (TPSA) is 75.2 Å². The Morgan fingerprint density at radius 1 is 1.14 bits per heavy atom. The first-order chi connectivity index (χ1) is 14.2. The van der Waals surface area contributed by atoms with Crippen LogP contribution in [0.15, 0.2) is 53.4 Å². The Kier molecular flexibility index (Phi) is 5.92. The SMILES string of the molecule is CCc1nnc(NC(=O)c2ccccc2SCC(=O)N2CCc3ccccc32)s1. The number of nitrogens with one attached hydrogen (secondary N) is 1. The van der Waals surface area contributed by atoms with Gasteiger partial charge in [0.15, 0.2) is 0 Å². The van der Waals surface area contributed by atoms with E-state index in [0.717, 1.165) is 28.4 Å². The van der Waals surface area contributed by atoms with E-state index in [1.165, 1.54) is 28.7 Å². The summed E-state index contributed by atoms with van der Waals surface area (Å²) in [7, 11) is 0. The molecule has 0 saturated heterocycles. The van der Waals surface area contributed by atoms with Gasteiger partial charge in [-0.25, -0.2) is 0 Å². The monoisotopic (exact) mass is 424 g/mol. The van der Waals surface area contributed by atoms with Gasteiger partial charge in [0.25, 0.3) is 5.91 Å². The second-order valence-corrected chi connectivity index (χ2v) is 8.60. The van der Waals surface area contributed by atoms with Gasteiger partial charge in [-0.1, -0.05) is 48.6 Å². The number of fused-ring (bicyclic) bond motifs is 1. The van der Waals surface area contributed by atoms with Gasteiger partial charge in [-0.3, -0.25) is 14.9 Å². The van der Waals surface area contributed by atoms with Crippen LogP contribution in [0, 0.1) is 0 Å². The zero-order chi connectivity index (χ0) is 20.2. The van der Waals surface area contributed by atoms with E-state index >= 15 is 0 Å². The van der Waals surface area contributed by atoms with E-state index in [1.54, 1.807) is 6.07 Å². The molecule has 1 aromatic heterocycles. The lowest BCUT2D eigenvalue weighted by Crippen LogP contribution is -2.30. The summed E-state index contributed by atoms with van der Waals surface area (Å²) >= 11 is 2.75. The molecule has 3 aromatic rings. The predicted octanol–water partition coefficient (Wildman–Crippen LogP) is 4.03. The molecule has 0 saturated carbocycles. The minimum Gasteiger partial charge on any atom is -0.311 e. The summed E-state index contributed by atoms with van der Waals surface area (Å²) in [6.07, 6.45) is 1.66. The standard InChI is InChI=1S/C21H20N4O2S2/c1-2-18-23-24-21(29-18)22-20(27)15-8-4-6-10-17(15)28-13-19(26)25-12-11-14-7-3-5-9-16(14)25/h3-10H,2,11-13H2,1H3,(H,22,24,27). The van der Waals surface area contributed by atoms with Gasteiger partial charge in [0.2, 0.25) is 11.0 Å². The summed E-state index contributed by atoms with van der Waals surface area (Å²) in [6, 6.07) is 15.3. The van der Waals surface area contributed by atoms with E-state index in [1.807, 2.05) is 48.2 Å². The van der Waals surface area contributed by atoms with Gasteiger partial charge in [0.1, 0.15) is 5.01 Å². The van der Waals surface area contributed by atoms with Gasteiger partial charge >= 0.3 is 0 Å². The van der Waals surface area contributed by atoms with Crippen LogP contribution in [0.1, 0.15) is 27.9 Å². The number of amides is 2. The highest BCUT2D eigenvalue weighted by Gasteiger charge is 2.24. The normalized spacial score (nSPS) is 12.7. The summed E-state index contributed by atoms with van der Waals surface area (Å²) in [5.74, 6) is 0.0787. The van der Waals surface area contributed by atoms with Crippen LogP contribution < -0.4 is 10.2 Å². The van der Waals surface area contributed by atoms with E-state index in [-0.39, 0.29) is 17.6 Å². The molecule has 0 aliphatic carbocycles. The molecule has 2 heterocycles. The molecule has 0 fully saturated rings. The molecule has 0 unspecified atom stereocenters. The molecule has 148 valence electrons. The lowest BCUT2D eigenvalue weighted by atomic mass is 10.2. The molecule has 8 heteroatoms. The lowest BCUT2D eigenvalue weighted by Gasteiger charge is -2.17. The molecule has 1 aliphatic heterocycles. The maximum Gasteiger partial charge on any atom is 0.258 e. The number of anilines is 2.